The van der Waals surface area contributed by atoms with E-state index in [-0.39, 0.29) is 16.8 Å². The molecular weight excluding hydrogens is 226 g/mol. The number of nitrogen functional groups attached to an aromatic ring is 1. The summed E-state index contributed by atoms with van der Waals surface area (Å²) in [7, 11) is -3.47. The van der Waals surface area contributed by atoms with E-state index in [0.717, 1.165) is 12.8 Å². The van der Waals surface area contributed by atoms with E-state index in [4.69, 9.17) is 5.73 Å². The maximum atomic E-state index is 12.3. The first kappa shape index (κ1) is 11.3. The van der Waals surface area contributed by atoms with Crippen LogP contribution in [0.4, 0.5) is 5.82 Å². The van der Waals surface area contributed by atoms with Gasteiger partial charge in [0.2, 0.25) is 10.0 Å². The Labute approximate surface area is 95.3 Å². The van der Waals surface area contributed by atoms with Crippen molar-refractivity contribution in [1.29, 1.82) is 0 Å². The molecular formula is C10H15N3O2S. The third-order valence-corrected chi connectivity index (χ3v) is 4.94. The molecule has 88 valence electrons. The van der Waals surface area contributed by atoms with Crippen molar-refractivity contribution in [1.82, 2.24) is 9.29 Å². The van der Waals surface area contributed by atoms with Crippen LogP contribution in [-0.4, -0.2) is 30.3 Å². The predicted octanol–water partition coefficient (Wildman–Crippen LogP) is 0.837. The van der Waals surface area contributed by atoms with E-state index in [1.165, 1.54) is 16.6 Å². The zero-order valence-corrected chi connectivity index (χ0v) is 9.94. The third kappa shape index (κ3) is 1.78. The highest BCUT2D eigenvalue weighted by Gasteiger charge is 2.33. The number of nitrogens with zero attached hydrogens (tertiary/aromatic N) is 2. The number of anilines is 1. The predicted molar refractivity (Wildman–Crippen MR) is 61.2 cm³/mol. The summed E-state index contributed by atoms with van der Waals surface area (Å²) < 4.78 is 26.0. The lowest BCUT2D eigenvalue weighted by atomic mass is 10.3. The second-order valence-electron chi connectivity index (χ2n) is 3.99. The van der Waals surface area contributed by atoms with Gasteiger partial charge in [-0.2, -0.15) is 4.31 Å². The van der Waals surface area contributed by atoms with Crippen molar-refractivity contribution in [3.63, 3.8) is 0 Å². The van der Waals surface area contributed by atoms with E-state index in [0.29, 0.717) is 6.54 Å². The van der Waals surface area contributed by atoms with Gasteiger partial charge < -0.3 is 5.73 Å². The first-order valence-electron chi connectivity index (χ1n) is 5.26. The average molecular weight is 241 g/mol. The third-order valence-electron chi connectivity index (χ3n) is 2.88. The first-order valence-corrected chi connectivity index (χ1v) is 6.70. The van der Waals surface area contributed by atoms with E-state index >= 15 is 0 Å². The van der Waals surface area contributed by atoms with E-state index in [2.05, 4.69) is 4.98 Å². The molecule has 5 nitrogen and oxygen atoms in total. The van der Waals surface area contributed by atoms with Crippen LogP contribution in [-0.2, 0) is 10.0 Å². The number of nitrogens with two attached hydrogens (primary N) is 1. The van der Waals surface area contributed by atoms with Crippen molar-refractivity contribution in [2.24, 2.45) is 0 Å². The summed E-state index contributed by atoms with van der Waals surface area (Å²) in [6.45, 7) is 2.48. The fraction of sp³-hybridized carbons (Fsp3) is 0.500. The summed E-state index contributed by atoms with van der Waals surface area (Å²) in [5.74, 6) is 0.0709. The first-order chi connectivity index (χ1) is 7.53. The molecule has 1 saturated heterocycles. The van der Waals surface area contributed by atoms with Crippen LogP contribution >= 0.6 is 0 Å². The number of sulfonamides is 1. The standard InChI is InChI=1S/C10H15N3O2S/c1-8-4-3-7-13(8)16(14,15)9-5-2-6-12-10(9)11/h2,5-6,8H,3-4,7H2,1H3,(H2,11,12). The lowest BCUT2D eigenvalue weighted by Gasteiger charge is -2.21. The zero-order chi connectivity index (χ0) is 11.8. The summed E-state index contributed by atoms with van der Waals surface area (Å²) in [6.07, 6.45) is 3.29. The van der Waals surface area contributed by atoms with Crippen LogP contribution in [0.1, 0.15) is 19.8 Å². The zero-order valence-electron chi connectivity index (χ0n) is 9.13. The van der Waals surface area contributed by atoms with Gasteiger partial charge in [0.15, 0.2) is 0 Å². The smallest absolute Gasteiger partial charge is 0.246 e. The molecule has 0 aromatic carbocycles. The van der Waals surface area contributed by atoms with E-state index in [1.54, 1.807) is 6.07 Å². The van der Waals surface area contributed by atoms with Crippen molar-refractivity contribution in [3.05, 3.63) is 18.3 Å². The van der Waals surface area contributed by atoms with Crippen LogP contribution < -0.4 is 5.73 Å². The molecule has 0 saturated carbocycles. The van der Waals surface area contributed by atoms with E-state index < -0.39 is 10.0 Å². The Balaban J connectivity index is 2.43. The van der Waals surface area contributed by atoms with Gasteiger partial charge in [-0.3, -0.25) is 0 Å². The molecule has 16 heavy (non-hydrogen) atoms. The van der Waals surface area contributed by atoms with Crippen LogP contribution in [0.2, 0.25) is 0 Å². The fourth-order valence-corrected chi connectivity index (χ4v) is 3.78. The summed E-state index contributed by atoms with van der Waals surface area (Å²) in [4.78, 5) is 3.93. The number of aromatic nitrogens is 1. The topological polar surface area (TPSA) is 76.3 Å². The average Bonchev–Trinajstić information content (AvgIpc) is 2.65. The number of rotatable bonds is 2. The monoisotopic (exact) mass is 241 g/mol. The Morgan fingerprint density at radius 1 is 1.56 bits per heavy atom. The van der Waals surface area contributed by atoms with Crippen LogP contribution in [0.3, 0.4) is 0 Å². The van der Waals surface area contributed by atoms with Crippen LogP contribution in [0.5, 0.6) is 0 Å². The Bertz CT molecular complexity index is 487. The van der Waals surface area contributed by atoms with E-state index in [1.807, 2.05) is 6.92 Å². The minimum absolute atomic E-state index is 0.0459. The molecule has 2 N–H and O–H groups in total. The number of hydrogen-bond acceptors (Lipinski definition) is 4. The lowest BCUT2D eigenvalue weighted by molar-refractivity contribution is 0.408. The van der Waals surface area contributed by atoms with Crippen molar-refractivity contribution in [3.8, 4) is 0 Å². The molecule has 1 aromatic heterocycles. The molecule has 0 bridgehead atoms. The van der Waals surface area contributed by atoms with Gasteiger partial charge in [-0.15, -0.1) is 0 Å². The highest BCUT2D eigenvalue weighted by molar-refractivity contribution is 7.89. The molecule has 0 radical (unpaired) electrons. The molecule has 1 fully saturated rings. The quantitative estimate of drug-likeness (QED) is 0.832. The Morgan fingerprint density at radius 2 is 2.31 bits per heavy atom. The molecule has 1 aliphatic rings. The second kappa shape index (κ2) is 4.03. The maximum Gasteiger partial charge on any atom is 0.246 e. The van der Waals surface area contributed by atoms with Crippen molar-refractivity contribution >= 4 is 15.8 Å². The van der Waals surface area contributed by atoms with Gasteiger partial charge in [-0.25, -0.2) is 13.4 Å². The molecule has 2 heterocycles. The van der Waals surface area contributed by atoms with Gasteiger partial charge in [0.25, 0.3) is 0 Å². The SMILES string of the molecule is CC1CCCN1S(=O)(=O)c1cccnc1N. The second-order valence-corrected chi connectivity index (χ2v) is 5.85. The number of pyridine rings is 1. The molecule has 0 spiro atoms. The summed E-state index contributed by atoms with van der Waals surface area (Å²) in [5.41, 5.74) is 5.60. The van der Waals surface area contributed by atoms with Crippen molar-refractivity contribution < 1.29 is 8.42 Å². The maximum absolute atomic E-state index is 12.3. The largest absolute Gasteiger partial charge is 0.383 e. The van der Waals surface area contributed by atoms with Crippen LogP contribution in [0, 0.1) is 0 Å². The summed E-state index contributed by atoms with van der Waals surface area (Å²) >= 11 is 0. The van der Waals surface area contributed by atoms with Gasteiger partial charge in [0.1, 0.15) is 10.7 Å². The summed E-state index contributed by atoms with van der Waals surface area (Å²) in [5, 5.41) is 0. The Morgan fingerprint density at radius 3 is 2.88 bits per heavy atom. The van der Waals surface area contributed by atoms with Crippen LogP contribution in [0.25, 0.3) is 0 Å². The normalized spacial score (nSPS) is 22.4. The minimum Gasteiger partial charge on any atom is -0.383 e. The molecule has 1 aliphatic heterocycles. The van der Waals surface area contributed by atoms with Gasteiger partial charge in [0, 0.05) is 18.8 Å². The van der Waals surface area contributed by atoms with Gasteiger partial charge >= 0.3 is 0 Å². The minimum atomic E-state index is -3.47. The molecule has 0 aliphatic carbocycles. The van der Waals surface area contributed by atoms with Crippen molar-refractivity contribution in [2.75, 3.05) is 12.3 Å². The van der Waals surface area contributed by atoms with Gasteiger partial charge in [-0.1, -0.05) is 0 Å². The van der Waals surface area contributed by atoms with Crippen molar-refractivity contribution in [2.45, 2.75) is 30.7 Å². The molecule has 1 atom stereocenters. The van der Waals surface area contributed by atoms with Gasteiger partial charge in [-0.05, 0) is 31.9 Å². The molecule has 1 unspecified atom stereocenters. The highest BCUT2D eigenvalue weighted by atomic mass is 32.2. The summed E-state index contributed by atoms with van der Waals surface area (Å²) in [6, 6.07) is 3.14. The highest BCUT2D eigenvalue weighted by Crippen LogP contribution is 2.27. The lowest BCUT2D eigenvalue weighted by Crippen LogP contribution is -2.34. The fourth-order valence-electron chi connectivity index (χ4n) is 2.01. The van der Waals surface area contributed by atoms with Gasteiger partial charge in [0.05, 0.1) is 0 Å². The molecule has 6 heteroatoms. The van der Waals surface area contributed by atoms with Crippen LogP contribution in [0.15, 0.2) is 23.2 Å². The van der Waals surface area contributed by atoms with E-state index in [9.17, 15) is 8.42 Å². The Hall–Kier alpha value is -1.14. The number of hydrogen-bond donors (Lipinski definition) is 1. The molecule has 2 rings (SSSR count). The Kier molecular flexibility index (Phi) is 2.86. The molecule has 0 amide bonds. The molecule has 1 aromatic rings.